The van der Waals surface area contributed by atoms with Gasteiger partial charge in [-0.25, -0.2) is 4.98 Å². The molecule has 1 aliphatic rings. The van der Waals surface area contributed by atoms with Gasteiger partial charge in [-0.05, 0) is 37.8 Å². The highest BCUT2D eigenvalue weighted by Gasteiger charge is 2.22. The van der Waals surface area contributed by atoms with E-state index in [2.05, 4.69) is 62.6 Å². The zero-order valence-electron chi connectivity index (χ0n) is 15.3. The molecule has 1 N–H and O–H groups in total. The van der Waals surface area contributed by atoms with Gasteiger partial charge in [-0.1, -0.05) is 35.5 Å². The number of likely N-dealkylation sites (tertiary alicyclic amines) is 1. The fourth-order valence-corrected chi connectivity index (χ4v) is 3.78. The van der Waals surface area contributed by atoms with Gasteiger partial charge < -0.3 is 4.98 Å². The fraction of sp³-hybridized carbons (Fsp3) is 0.450. The molecule has 0 aliphatic carbocycles. The summed E-state index contributed by atoms with van der Waals surface area (Å²) in [6, 6.07) is 10.4. The molecule has 0 spiro atoms. The molecule has 3 aromatic rings. The van der Waals surface area contributed by atoms with E-state index in [4.69, 9.17) is 0 Å². The maximum absolute atomic E-state index is 4.44. The number of aromatic amines is 1. The van der Waals surface area contributed by atoms with Gasteiger partial charge in [0.05, 0.1) is 17.7 Å². The van der Waals surface area contributed by atoms with Crippen molar-refractivity contribution in [3.05, 3.63) is 65.5 Å². The van der Waals surface area contributed by atoms with Crippen LogP contribution in [0, 0.1) is 12.8 Å². The number of benzene rings is 1. The number of nitrogens with one attached hydrogen (secondary N) is 1. The molecule has 136 valence electrons. The monoisotopic (exact) mass is 350 g/mol. The van der Waals surface area contributed by atoms with Gasteiger partial charge in [0, 0.05) is 37.9 Å². The van der Waals surface area contributed by atoms with Crippen LogP contribution in [0.2, 0.25) is 0 Å². The molecule has 1 saturated heterocycles. The average molecular weight is 350 g/mol. The average Bonchev–Trinajstić information content (AvgIpc) is 3.25. The summed E-state index contributed by atoms with van der Waals surface area (Å²) in [6.07, 6.45) is 7.22. The minimum atomic E-state index is 0.620. The van der Waals surface area contributed by atoms with Gasteiger partial charge in [-0.3, -0.25) is 9.58 Å². The van der Waals surface area contributed by atoms with Crippen molar-refractivity contribution in [2.75, 3.05) is 13.1 Å². The van der Waals surface area contributed by atoms with Gasteiger partial charge in [-0.15, -0.1) is 5.10 Å². The van der Waals surface area contributed by atoms with E-state index >= 15 is 0 Å². The maximum atomic E-state index is 4.44. The van der Waals surface area contributed by atoms with Gasteiger partial charge >= 0.3 is 0 Å². The molecule has 3 heterocycles. The van der Waals surface area contributed by atoms with E-state index in [-0.39, 0.29) is 0 Å². The third-order valence-corrected chi connectivity index (χ3v) is 5.17. The van der Waals surface area contributed by atoms with Crippen LogP contribution in [0.4, 0.5) is 0 Å². The molecular weight excluding hydrogens is 324 g/mol. The number of hydrogen-bond donors (Lipinski definition) is 1. The first-order chi connectivity index (χ1) is 12.8. The Kier molecular flexibility index (Phi) is 5.11. The van der Waals surface area contributed by atoms with Crippen LogP contribution in [0.5, 0.6) is 0 Å². The van der Waals surface area contributed by atoms with Gasteiger partial charge in [-0.2, -0.15) is 0 Å². The Morgan fingerprint density at radius 3 is 2.92 bits per heavy atom. The maximum Gasteiger partial charge on any atom is 0.0925 e. The SMILES string of the molecule is Cc1[nH]cnc1CN1CCCC(Cn2cc(Cc3ccccc3)nn2)C1. The van der Waals surface area contributed by atoms with Gasteiger partial charge in [0.25, 0.3) is 0 Å². The highest BCUT2D eigenvalue weighted by atomic mass is 15.4. The van der Waals surface area contributed by atoms with Crippen LogP contribution < -0.4 is 0 Å². The van der Waals surface area contributed by atoms with Crippen molar-refractivity contribution in [1.29, 1.82) is 0 Å². The third-order valence-electron chi connectivity index (χ3n) is 5.17. The Balaban J connectivity index is 1.33. The van der Waals surface area contributed by atoms with Crippen LogP contribution in [-0.2, 0) is 19.5 Å². The number of aromatic nitrogens is 5. The standard InChI is InChI=1S/C20H26N6/c1-16-20(22-15-21-16)14-25-9-5-8-18(11-25)12-26-13-19(23-24-26)10-17-6-3-2-4-7-17/h2-4,6-7,13,15,18H,5,8-12,14H2,1H3,(H,21,22). The van der Waals surface area contributed by atoms with E-state index in [1.165, 1.54) is 24.1 Å². The minimum Gasteiger partial charge on any atom is -0.348 e. The molecule has 26 heavy (non-hydrogen) atoms. The molecule has 0 amide bonds. The van der Waals surface area contributed by atoms with Crippen molar-refractivity contribution in [2.24, 2.45) is 5.92 Å². The van der Waals surface area contributed by atoms with Crippen molar-refractivity contribution in [3.63, 3.8) is 0 Å². The van der Waals surface area contributed by atoms with E-state index in [0.29, 0.717) is 5.92 Å². The van der Waals surface area contributed by atoms with Crippen LogP contribution in [0.1, 0.15) is 35.5 Å². The largest absolute Gasteiger partial charge is 0.348 e. The predicted octanol–water partition coefficient (Wildman–Crippen LogP) is 2.81. The summed E-state index contributed by atoms with van der Waals surface area (Å²) in [5.41, 5.74) is 4.65. The molecule has 4 rings (SSSR count). The van der Waals surface area contributed by atoms with Gasteiger partial charge in [0.15, 0.2) is 0 Å². The summed E-state index contributed by atoms with van der Waals surface area (Å²) in [6.45, 7) is 6.22. The zero-order chi connectivity index (χ0) is 17.8. The lowest BCUT2D eigenvalue weighted by atomic mass is 9.98. The lowest BCUT2D eigenvalue weighted by molar-refractivity contribution is 0.151. The second-order valence-electron chi connectivity index (χ2n) is 7.31. The summed E-state index contributed by atoms with van der Waals surface area (Å²) in [5, 5.41) is 8.71. The molecule has 6 heteroatoms. The molecule has 0 radical (unpaired) electrons. The first kappa shape index (κ1) is 17.0. The van der Waals surface area contributed by atoms with E-state index < -0.39 is 0 Å². The number of rotatable bonds is 6. The Morgan fingerprint density at radius 1 is 1.23 bits per heavy atom. The lowest BCUT2D eigenvalue weighted by Crippen LogP contribution is -2.36. The van der Waals surface area contributed by atoms with Crippen LogP contribution in [0.25, 0.3) is 0 Å². The number of nitrogens with zero attached hydrogens (tertiary/aromatic N) is 5. The van der Waals surface area contributed by atoms with Crippen molar-refractivity contribution < 1.29 is 0 Å². The Morgan fingerprint density at radius 2 is 2.12 bits per heavy atom. The molecule has 0 saturated carbocycles. The van der Waals surface area contributed by atoms with Crippen molar-refractivity contribution in [3.8, 4) is 0 Å². The summed E-state index contributed by atoms with van der Waals surface area (Å²) >= 11 is 0. The quantitative estimate of drug-likeness (QED) is 0.742. The molecule has 1 aliphatic heterocycles. The van der Waals surface area contributed by atoms with E-state index in [1.54, 1.807) is 6.33 Å². The molecule has 1 unspecified atom stereocenters. The third kappa shape index (κ3) is 4.19. The lowest BCUT2D eigenvalue weighted by Gasteiger charge is -2.32. The van der Waals surface area contributed by atoms with E-state index in [1.807, 2.05) is 10.7 Å². The molecular formula is C20H26N6. The Hall–Kier alpha value is -2.47. The van der Waals surface area contributed by atoms with Crippen molar-refractivity contribution in [2.45, 2.75) is 39.3 Å². The molecule has 0 bridgehead atoms. The summed E-state index contributed by atoms with van der Waals surface area (Å²) in [4.78, 5) is 10.1. The van der Waals surface area contributed by atoms with Gasteiger partial charge in [0.2, 0.25) is 0 Å². The van der Waals surface area contributed by atoms with Gasteiger partial charge in [0.1, 0.15) is 0 Å². The van der Waals surface area contributed by atoms with Crippen molar-refractivity contribution >= 4 is 0 Å². The van der Waals surface area contributed by atoms with Crippen LogP contribution in [0.15, 0.2) is 42.9 Å². The highest BCUT2D eigenvalue weighted by molar-refractivity contribution is 5.19. The first-order valence-electron chi connectivity index (χ1n) is 9.40. The second kappa shape index (κ2) is 7.83. The normalized spacial score (nSPS) is 18.3. The summed E-state index contributed by atoms with van der Waals surface area (Å²) in [5.74, 6) is 0.620. The Labute approximate surface area is 154 Å². The number of aryl methyl sites for hydroxylation is 1. The second-order valence-corrected chi connectivity index (χ2v) is 7.31. The molecule has 6 nitrogen and oxygen atoms in total. The molecule has 1 fully saturated rings. The molecule has 2 aromatic heterocycles. The first-order valence-corrected chi connectivity index (χ1v) is 9.40. The smallest absolute Gasteiger partial charge is 0.0925 e. The van der Waals surface area contributed by atoms with Crippen molar-refractivity contribution in [1.82, 2.24) is 29.9 Å². The van der Waals surface area contributed by atoms with E-state index in [9.17, 15) is 0 Å². The number of piperidine rings is 1. The van der Waals surface area contributed by atoms with Crippen LogP contribution in [0.3, 0.4) is 0 Å². The molecule has 1 atom stereocenters. The topological polar surface area (TPSA) is 62.6 Å². The predicted molar refractivity (Wildman–Crippen MR) is 101 cm³/mol. The Bertz CT molecular complexity index is 822. The summed E-state index contributed by atoms with van der Waals surface area (Å²) < 4.78 is 2.02. The highest BCUT2D eigenvalue weighted by Crippen LogP contribution is 2.20. The fourth-order valence-electron chi connectivity index (χ4n) is 3.78. The van der Waals surface area contributed by atoms with Crippen LogP contribution >= 0.6 is 0 Å². The zero-order valence-corrected chi connectivity index (χ0v) is 15.3. The number of hydrogen-bond acceptors (Lipinski definition) is 4. The molecule has 1 aromatic carbocycles. The van der Waals surface area contributed by atoms with Crippen LogP contribution in [-0.4, -0.2) is 43.0 Å². The van der Waals surface area contributed by atoms with E-state index in [0.717, 1.165) is 44.0 Å². The number of H-pyrrole nitrogens is 1. The number of imidazole rings is 1. The minimum absolute atomic E-state index is 0.620. The summed E-state index contributed by atoms with van der Waals surface area (Å²) in [7, 11) is 0.